The summed E-state index contributed by atoms with van der Waals surface area (Å²) in [6.07, 6.45) is 0.497. The first-order chi connectivity index (χ1) is 7.50. The van der Waals surface area contributed by atoms with E-state index in [9.17, 15) is 4.79 Å². The topological polar surface area (TPSA) is 46.5 Å². The molecule has 3 nitrogen and oxygen atoms in total. The molecule has 0 saturated heterocycles. The first kappa shape index (κ1) is 12.8. The van der Waals surface area contributed by atoms with E-state index in [1.54, 1.807) is 19.1 Å². The van der Waals surface area contributed by atoms with Crippen LogP contribution in [0.15, 0.2) is 18.2 Å². The van der Waals surface area contributed by atoms with E-state index in [1.807, 2.05) is 13.0 Å². The van der Waals surface area contributed by atoms with Crippen LogP contribution < -0.4 is 4.74 Å². The molecule has 0 aliphatic carbocycles. The first-order valence-electron chi connectivity index (χ1n) is 5.12. The molecule has 0 fully saturated rings. The average molecular weight is 243 g/mol. The zero-order valence-electron chi connectivity index (χ0n) is 9.37. The van der Waals surface area contributed by atoms with Crippen LogP contribution in [0.4, 0.5) is 0 Å². The van der Waals surface area contributed by atoms with Gasteiger partial charge in [-0.3, -0.25) is 4.79 Å². The average Bonchev–Trinajstić information content (AvgIpc) is 2.20. The molecule has 16 heavy (non-hydrogen) atoms. The third-order valence-electron chi connectivity index (χ3n) is 2.37. The third-order valence-corrected chi connectivity index (χ3v) is 2.60. The van der Waals surface area contributed by atoms with Crippen LogP contribution in [-0.2, 0) is 4.79 Å². The smallest absolute Gasteiger partial charge is 0.306 e. The summed E-state index contributed by atoms with van der Waals surface area (Å²) in [6, 6.07) is 5.37. The lowest BCUT2D eigenvalue weighted by molar-refractivity contribution is -0.141. The van der Waals surface area contributed by atoms with Crippen molar-refractivity contribution in [2.24, 2.45) is 5.92 Å². The Hall–Kier alpha value is -1.22. The monoisotopic (exact) mass is 242 g/mol. The first-order valence-corrected chi connectivity index (χ1v) is 5.50. The molecule has 1 N–H and O–H groups in total. The molecule has 0 bridgehead atoms. The molecule has 1 rings (SSSR count). The molecule has 1 aromatic carbocycles. The number of aryl methyl sites for hydroxylation is 1. The van der Waals surface area contributed by atoms with Gasteiger partial charge in [0, 0.05) is 5.02 Å². The fourth-order valence-electron chi connectivity index (χ4n) is 1.24. The molecule has 0 spiro atoms. The number of aliphatic carboxylic acids is 1. The molecule has 1 atom stereocenters. The molecule has 0 amide bonds. The van der Waals surface area contributed by atoms with E-state index in [2.05, 4.69) is 0 Å². The van der Waals surface area contributed by atoms with Crippen LogP contribution in [0.1, 0.15) is 18.9 Å². The molecular formula is C12H15ClO3. The molecule has 1 unspecified atom stereocenters. The van der Waals surface area contributed by atoms with Gasteiger partial charge in [-0.1, -0.05) is 18.5 Å². The Balaban J connectivity index is 2.46. The number of hydrogen-bond acceptors (Lipinski definition) is 2. The minimum atomic E-state index is -0.795. The summed E-state index contributed by atoms with van der Waals surface area (Å²) in [5.74, 6) is -0.425. The van der Waals surface area contributed by atoms with Crippen molar-refractivity contribution in [1.29, 1.82) is 0 Å². The van der Waals surface area contributed by atoms with Crippen LogP contribution in [0.3, 0.4) is 0 Å². The fourth-order valence-corrected chi connectivity index (χ4v) is 1.47. The predicted octanol–water partition coefficient (Wildman–Crippen LogP) is 3.14. The predicted molar refractivity (Wildman–Crippen MR) is 63.1 cm³/mol. The Kier molecular flexibility index (Phi) is 4.62. The molecule has 0 saturated carbocycles. The lowest BCUT2D eigenvalue weighted by Gasteiger charge is -2.10. The van der Waals surface area contributed by atoms with Gasteiger partial charge >= 0.3 is 5.97 Å². The number of carboxylic acids is 1. The number of benzene rings is 1. The second-order valence-electron chi connectivity index (χ2n) is 3.79. The fraction of sp³-hybridized carbons (Fsp3) is 0.417. The molecule has 0 aliphatic rings. The van der Waals surface area contributed by atoms with Crippen molar-refractivity contribution in [3.05, 3.63) is 28.8 Å². The Labute approximate surface area is 100.0 Å². The van der Waals surface area contributed by atoms with Gasteiger partial charge in [-0.15, -0.1) is 0 Å². The Morgan fingerprint density at radius 2 is 2.25 bits per heavy atom. The Morgan fingerprint density at radius 3 is 2.81 bits per heavy atom. The molecule has 4 heteroatoms. The minimum absolute atomic E-state index is 0.382. The highest BCUT2D eigenvalue weighted by molar-refractivity contribution is 6.30. The Bertz CT molecular complexity index is 377. The summed E-state index contributed by atoms with van der Waals surface area (Å²) in [7, 11) is 0. The van der Waals surface area contributed by atoms with E-state index < -0.39 is 5.97 Å². The van der Waals surface area contributed by atoms with E-state index >= 15 is 0 Å². The summed E-state index contributed by atoms with van der Waals surface area (Å²) < 4.78 is 5.49. The van der Waals surface area contributed by atoms with Crippen LogP contribution in [-0.4, -0.2) is 17.7 Å². The van der Waals surface area contributed by atoms with Crippen LogP contribution in [0.2, 0.25) is 5.02 Å². The summed E-state index contributed by atoms with van der Waals surface area (Å²) >= 11 is 5.81. The lowest BCUT2D eigenvalue weighted by Crippen LogP contribution is -2.13. The van der Waals surface area contributed by atoms with E-state index in [-0.39, 0.29) is 5.92 Å². The van der Waals surface area contributed by atoms with Gasteiger partial charge in [0.05, 0.1) is 12.5 Å². The van der Waals surface area contributed by atoms with Gasteiger partial charge in [0.2, 0.25) is 0 Å². The maximum Gasteiger partial charge on any atom is 0.306 e. The number of ether oxygens (including phenoxy) is 1. The van der Waals surface area contributed by atoms with E-state index in [0.717, 1.165) is 11.3 Å². The number of carbonyl (C=O) groups is 1. The highest BCUT2D eigenvalue weighted by atomic mass is 35.5. The second kappa shape index (κ2) is 5.75. The van der Waals surface area contributed by atoms with Gasteiger partial charge < -0.3 is 9.84 Å². The van der Waals surface area contributed by atoms with Crippen LogP contribution in [0.25, 0.3) is 0 Å². The summed E-state index contributed by atoms with van der Waals surface area (Å²) in [6.45, 7) is 3.97. The largest absolute Gasteiger partial charge is 0.493 e. The standard InChI is InChI=1S/C12H15ClO3/c1-8(12(14)15)5-6-16-11-4-3-10(13)7-9(11)2/h3-4,7-8H,5-6H2,1-2H3,(H,14,15). The number of hydrogen-bond donors (Lipinski definition) is 1. The number of halogens is 1. The van der Waals surface area contributed by atoms with Crippen molar-refractivity contribution >= 4 is 17.6 Å². The summed E-state index contributed by atoms with van der Waals surface area (Å²) in [4.78, 5) is 10.6. The van der Waals surface area contributed by atoms with Crippen molar-refractivity contribution in [2.75, 3.05) is 6.61 Å². The van der Waals surface area contributed by atoms with Crippen molar-refractivity contribution in [3.8, 4) is 5.75 Å². The van der Waals surface area contributed by atoms with Crippen molar-refractivity contribution < 1.29 is 14.6 Å². The zero-order chi connectivity index (χ0) is 12.1. The third kappa shape index (κ3) is 3.74. The van der Waals surface area contributed by atoms with Crippen molar-refractivity contribution in [3.63, 3.8) is 0 Å². The van der Waals surface area contributed by atoms with Crippen LogP contribution >= 0.6 is 11.6 Å². The van der Waals surface area contributed by atoms with Crippen molar-refractivity contribution in [2.45, 2.75) is 20.3 Å². The molecule has 0 heterocycles. The molecule has 88 valence electrons. The second-order valence-corrected chi connectivity index (χ2v) is 4.22. The Morgan fingerprint density at radius 1 is 1.56 bits per heavy atom. The molecule has 0 aliphatic heterocycles. The van der Waals surface area contributed by atoms with Gasteiger partial charge in [-0.25, -0.2) is 0 Å². The van der Waals surface area contributed by atoms with Crippen LogP contribution in [0, 0.1) is 12.8 Å². The summed E-state index contributed by atoms with van der Waals surface area (Å²) in [5, 5.41) is 9.37. The lowest BCUT2D eigenvalue weighted by atomic mass is 10.1. The van der Waals surface area contributed by atoms with E-state index in [0.29, 0.717) is 18.1 Å². The van der Waals surface area contributed by atoms with Crippen molar-refractivity contribution in [1.82, 2.24) is 0 Å². The van der Waals surface area contributed by atoms with Gasteiger partial charge in [-0.2, -0.15) is 0 Å². The van der Waals surface area contributed by atoms with Gasteiger partial charge in [0.25, 0.3) is 0 Å². The molecule has 0 radical (unpaired) electrons. The quantitative estimate of drug-likeness (QED) is 0.863. The number of carboxylic acid groups (broad SMARTS) is 1. The van der Waals surface area contributed by atoms with Gasteiger partial charge in [0.15, 0.2) is 0 Å². The van der Waals surface area contributed by atoms with E-state index in [1.165, 1.54) is 0 Å². The highest BCUT2D eigenvalue weighted by Crippen LogP contribution is 2.22. The van der Waals surface area contributed by atoms with E-state index in [4.69, 9.17) is 21.4 Å². The van der Waals surface area contributed by atoms with Crippen LogP contribution in [0.5, 0.6) is 5.75 Å². The maximum absolute atomic E-state index is 10.6. The normalized spacial score (nSPS) is 12.2. The number of rotatable bonds is 5. The van der Waals surface area contributed by atoms with Gasteiger partial charge in [0.1, 0.15) is 5.75 Å². The van der Waals surface area contributed by atoms with Gasteiger partial charge in [-0.05, 0) is 37.1 Å². The summed E-state index contributed by atoms with van der Waals surface area (Å²) in [5.41, 5.74) is 0.954. The zero-order valence-corrected chi connectivity index (χ0v) is 10.1. The SMILES string of the molecule is Cc1cc(Cl)ccc1OCCC(C)C(=O)O. The molecule has 1 aromatic rings. The maximum atomic E-state index is 10.6. The molecular weight excluding hydrogens is 228 g/mol. The minimum Gasteiger partial charge on any atom is -0.493 e. The molecule has 0 aromatic heterocycles. The highest BCUT2D eigenvalue weighted by Gasteiger charge is 2.10.